The maximum atomic E-state index is 9.54. The highest BCUT2D eigenvalue weighted by Crippen LogP contribution is 2.16. The lowest BCUT2D eigenvalue weighted by Gasteiger charge is -2.17. The molecule has 0 aliphatic rings. The van der Waals surface area contributed by atoms with E-state index in [-0.39, 0.29) is 12.0 Å². The van der Waals surface area contributed by atoms with E-state index in [9.17, 15) is 5.11 Å². The molecule has 0 spiro atoms. The molecular weight excluding hydrogens is 136 g/mol. The van der Waals surface area contributed by atoms with Gasteiger partial charge in [-0.2, -0.15) is 0 Å². The van der Waals surface area contributed by atoms with Crippen molar-refractivity contribution in [1.29, 1.82) is 0 Å². The second kappa shape index (κ2) is 6.41. The number of aliphatic hydroxyl groups excluding tert-OH is 1. The second-order valence-corrected chi connectivity index (χ2v) is 2.90. The number of hydrogen-bond donors (Lipinski definition) is 1. The molecule has 0 saturated carbocycles. The monoisotopic (exact) mass is 155 g/mol. The summed E-state index contributed by atoms with van der Waals surface area (Å²) in [5.74, 6) is 0.243. The maximum Gasteiger partial charge on any atom is 0.0602 e. The first-order valence-corrected chi connectivity index (χ1v) is 4.36. The molecule has 0 fully saturated rings. The Morgan fingerprint density at radius 2 is 2.09 bits per heavy atom. The van der Waals surface area contributed by atoms with Crippen LogP contribution >= 0.6 is 0 Å². The summed E-state index contributed by atoms with van der Waals surface area (Å²) in [6.45, 7) is 9.53. The van der Waals surface area contributed by atoms with Gasteiger partial charge in [-0.3, -0.25) is 0 Å². The van der Waals surface area contributed by atoms with E-state index in [4.69, 9.17) is 0 Å². The predicted octanol–water partition coefficient (Wildman–Crippen LogP) is 2.56. The van der Waals surface area contributed by atoms with E-state index in [1.165, 1.54) is 0 Å². The van der Waals surface area contributed by atoms with E-state index >= 15 is 0 Å². The Morgan fingerprint density at radius 3 is 2.45 bits per heavy atom. The van der Waals surface area contributed by atoms with Crippen LogP contribution in [0.2, 0.25) is 0 Å². The third-order valence-electron chi connectivity index (χ3n) is 1.92. The van der Waals surface area contributed by atoms with Crippen LogP contribution in [0.1, 0.15) is 32.6 Å². The molecule has 1 N–H and O–H groups in total. The first-order valence-electron chi connectivity index (χ1n) is 4.36. The van der Waals surface area contributed by atoms with E-state index in [2.05, 4.69) is 20.4 Å². The van der Waals surface area contributed by atoms with Crippen molar-refractivity contribution >= 4 is 0 Å². The molecule has 0 aliphatic heterocycles. The fourth-order valence-corrected chi connectivity index (χ4v) is 1.21. The summed E-state index contributed by atoms with van der Waals surface area (Å²) in [6.07, 6.45) is 5.35. The zero-order chi connectivity index (χ0) is 8.69. The molecule has 0 amide bonds. The summed E-state index contributed by atoms with van der Waals surface area (Å²) < 4.78 is 0. The zero-order valence-corrected chi connectivity index (χ0v) is 7.42. The summed E-state index contributed by atoms with van der Waals surface area (Å²) in [6, 6.07) is 0. The molecule has 1 radical (unpaired) electrons. The third kappa shape index (κ3) is 4.20. The van der Waals surface area contributed by atoms with Gasteiger partial charge < -0.3 is 5.11 Å². The van der Waals surface area contributed by atoms with Crippen molar-refractivity contribution in [2.75, 3.05) is 0 Å². The number of rotatable bonds is 6. The lowest BCUT2D eigenvalue weighted by molar-refractivity contribution is 0.116. The molecule has 0 aromatic heterocycles. The Balaban J connectivity index is 3.70. The van der Waals surface area contributed by atoms with Crippen LogP contribution < -0.4 is 0 Å². The molecule has 65 valence electrons. The standard InChI is InChI=1S/C10H19O/c1-4-7-9(6-3)10(11)8-5-2/h6,9-11H,1,3-5,7-8H2,2H3. The van der Waals surface area contributed by atoms with Crippen LogP contribution in [-0.2, 0) is 0 Å². The SMILES string of the molecule is [CH2]CCC(C=C)C(O)CCC. The van der Waals surface area contributed by atoms with Gasteiger partial charge in [-0.1, -0.05) is 32.8 Å². The van der Waals surface area contributed by atoms with Gasteiger partial charge in [0.05, 0.1) is 6.10 Å². The Labute approximate surface area is 70.1 Å². The van der Waals surface area contributed by atoms with Crippen molar-refractivity contribution < 1.29 is 5.11 Å². The fourth-order valence-electron chi connectivity index (χ4n) is 1.21. The molecule has 2 unspecified atom stereocenters. The number of hydrogen-bond acceptors (Lipinski definition) is 1. The molecule has 0 aromatic rings. The minimum atomic E-state index is -0.209. The molecule has 0 aromatic carbocycles. The van der Waals surface area contributed by atoms with Gasteiger partial charge in [0, 0.05) is 5.92 Å². The van der Waals surface area contributed by atoms with Crippen LogP contribution in [-0.4, -0.2) is 11.2 Å². The highest BCUT2D eigenvalue weighted by molar-refractivity contribution is 4.84. The van der Waals surface area contributed by atoms with Crippen LogP contribution in [0, 0.1) is 12.8 Å². The predicted molar refractivity (Wildman–Crippen MR) is 49.2 cm³/mol. The molecule has 1 nitrogen and oxygen atoms in total. The summed E-state index contributed by atoms with van der Waals surface area (Å²) in [4.78, 5) is 0. The molecule has 0 rings (SSSR count). The van der Waals surface area contributed by atoms with Gasteiger partial charge in [0.15, 0.2) is 0 Å². The third-order valence-corrected chi connectivity index (χ3v) is 1.92. The summed E-state index contributed by atoms with van der Waals surface area (Å²) in [5.41, 5.74) is 0. The van der Waals surface area contributed by atoms with E-state index < -0.39 is 0 Å². The van der Waals surface area contributed by atoms with Gasteiger partial charge in [0.2, 0.25) is 0 Å². The van der Waals surface area contributed by atoms with Crippen molar-refractivity contribution in [1.82, 2.24) is 0 Å². The zero-order valence-electron chi connectivity index (χ0n) is 7.42. The van der Waals surface area contributed by atoms with E-state index in [1.54, 1.807) is 0 Å². The molecule has 2 atom stereocenters. The quantitative estimate of drug-likeness (QED) is 0.584. The highest BCUT2D eigenvalue weighted by atomic mass is 16.3. The lowest BCUT2D eigenvalue weighted by atomic mass is 9.94. The second-order valence-electron chi connectivity index (χ2n) is 2.90. The summed E-state index contributed by atoms with van der Waals surface area (Å²) in [5, 5.41) is 9.54. The Hall–Kier alpha value is -0.300. The Kier molecular flexibility index (Phi) is 6.24. The molecule has 0 bridgehead atoms. The van der Waals surface area contributed by atoms with Crippen molar-refractivity contribution in [3.63, 3.8) is 0 Å². The molecule has 0 aliphatic carbocycles. The molecule has 11 heavy (non-hydrogen) atoms. The van der Waals surface area contributed by atoms with Gasteiger partial charge >= 0.3 is 0 Å². The summed E-state index contributed by atoms with van der Waals surface area (Å²) in [7, 11) is 0. The Bertz CT molecular complexity index is 99.0. The fraction of sp³-hybridized carbons (Fsp3) is 0.700. The molecule has 0 heterocycles. The van der Waals surface area contributed by atoms with Crippen LogP contribution in [0.4, 0.5) is 0 Å². The normalized spacial score (nSPS) is 15.9. The minimum Gasteiger partial charge on any atom is -0.393 e. The molecule has 0 saturated heterocycles. The highest BCUT2D eigenvalue weighted by Gasteiger charge is 2.12. The van der Waals surface area contributed by atoms with Crippen LogP contribution in [0.15, 0.2) is 12.7 Å². The number of aliphatic hydroxyl groups is 1. The Morgan fingerprint density at radius 1 is 1.45 bits per heavy atom. The van der Waals surface area contributed by atoms with E-state index in [0.29, 0.717) is 0 Å². The van der Waals surface area contributed by atoms with Crippen molar-refractivity contribution in [2.24, 2.45) is 5.92 Å². The average molecular weight is 155 g/mol. The largest absolute Gasteiger partial charge is 0.393 e. The first kappa shape index (κ1) is 10.7. The van der Waals surface area contributed by atoms with Crippen LogP contribution in [0.25, 0.3) is 0 Å². The van der Waals surface area contributed by atoms with Gasteiger partial charge in [-0.25, -0.2) is 0 Å². The van der Waals surface area contributed by atoms with Gasteiger partial charge in [-0.15, -0.1) is 6.58 Å². The van der Waals surface area contributed by atoms with Crippen molar-refractivity contribution in [3.8, 4) is 0 Å². The van der Waals surface area contributed by atoms with Crippen LogP contribution in [0.5, 0.6) is 0 Å². The van der Waals surface area contributed by atoms with E-state index in [0.717, 1.165) is 25.7 Å². The molecular formula is C10H19O. The van der Waals surface area contributed by atoms with Crippen molar-refractivity contribution in [2.45, 2.75) is 38.7 Å². The average Bonchev–Trinajstić information content (AvgIpc) is 2.00. The summed E-state index contributed by atoms with van der Waals surface area (Å²) >= 11 is 0. The van der Waals surface area contributed by atoms with Gasteiger partial charge in [-0.05, 0) is 12.8 Å². The first-order chi connectivity index (χ1) is 5.26. The van der Waals surface area contributed by atoms with Gasteiger partial charge in [0.25, 0.3) is 0 Å². The smallest absolute Gasteiger partial charge is 0.0602 e. The minimum absolute atomic E-state index is 0.209. The maximum absolute atomic E-state index is 9.54. The van der Waals surface area contributed by atoms with Crippen LogP contribution in [0.3, 0.4) is 0 Å². The van der Waals surface area contributed by atoms with Gasteiger partial charge in [0.1, 0.15) is 0 Å². The topological polar surface area (TPSA) is 20.2 Å². The van der Waals surface area contributed by atoms with Crippen molar-refractivity contribution in [3.05, 3.63) is 19.6 Å². The lowest BCUT2D eigenvalue weighted by Crippen LogP contribution is -2.17. The van der Waals surface area contributed by atoms with E-state index in [1.807, 2.05) is 6.08 Å². The molecule has 1 heteroatoms.